The van der Waals surface area contributed by atoms with Crippen molar-refractivity contribution in [2.45, 2.75) is 57.5 Å². The predicted octanol–water partition coefficient (Wildman–Crippen LogP) is 2.45. The molecule has 4 heteroatoms. The summed E-state index contributed by atoms with van der Waals surface area (Å²) >= 11 is 0. The number of nitrogens with zero attached hydrogens (tertiary/aromatic N) is 3. The summed E-state index contributed by atoms with van der Waals surface area (Å²) < 4.78 is 0. The van der Waals surface area contributed by atoms with Gasteiger partial charge in [-0.2, -0.15) is 0 Å². The summed E-state index contributed by atoms with van der Waals surface area (Å²) in [5.41, 5.74) is 6.95. The number of hydrogen-bond donors (Lipinski definition) is 1. The lowest BCUT2D eigenvalue weighted by Gasteiger charge is -2.47. The highest BCUT2D eigenvalue weighted by atomic mass is 15.2. The molecule has 0 unspecified atom stereocenters. The van der Waals surface area contributed by atoms with Crippen LogP contribution in [0.4, 0.5) is 5.82 Å². The van der Waals surface area contributed by atoms with E-state index >= 15 is 0 Å². The third kappa shape index (κ3) is 2.21. The van der Waals surface area contributed by atoms with Gasteiger partial charge >= 0.3 is 0 Å². The van der Waals surface area contributed by atoms with Gasteiger partial charge in [0, 0.05) is 18.7 Å². The van der Waals surface area contributed by atoms with E-state index in [0.717, 1.165) is 17.6 Å². The minimum atomic E-state index is 0.483. The van der Waals surface area contributed by atoms with Crippen LogP contribution in [0.2, 0.25) is 0 Å². The molecule has 1 atom stereocenters. The maximum atomic E-state index is 5.83. The molecule has 3 rings (SSSR count). The van der Waals surface area contributed by atoms with Crippen LogP contribution in [-0.4, -0.2) is 27.5 Å². The van der Waals surface area contributed by atoms with E-state index in [4.69, 9.17) is 5.73 Å². The first-order valence-corrected chi connectivity index (χ1v) is 7.11. The lowest BCUT2D eigenvalue weighted by Crippen LogP contribution is -2.48. The molecular formula is C14H22N4. The molecular weight excluding hydrogens is 224 g/mol. The first-order valence-electron chi connectivity index (χ1n) is 7.11. The largest absolute Gasteiger partial charge is 0.384 e. The molecule has 1 aliphatic carbocycles. The highest BCUT2D eigenvalue weighted by molar-refractivity contribution is 5.31. The Labute approximate surface area is 109 Å². The molecule has 18 heavy (non-hydrogen) atoms. The number of aryl methyl sites for hydroxylation is 1. The Morgan fingerprint density at radius 2 is 1.94 bits per heavy atom. The summed E-state index contributed by atoms with van der Waals surface area (Å²) in [6.45, 7) is 3.14. The number of nitrogen functional groups attached to an aromatic ring is 1. The molecule has 2 heterocycles. The van der Waals surface area contributed by atoms with E-state index in [2.05, 4.69) is 14.9 Å². The molecule has 1 aromatic rings. The Balaban J connectivity index is 1.75. The summed E-state index contributed by atoms with van der Waals surface area (Å²) in [6, 6.07) is 3.21. The molecule has 1 saturated heterocycles. The van der Waals surface area contributed by atoms with Crippen molar-refractivity contribution in [3.05, 3.63) is 17.6 Å². The Morgan fingerprint density at radius 1 is 1.17 bits per heavy atom. The van der Waals surface area contributed by atoms with Crippen LogP contribution in [0.3, 0.4) is 0 Å². The second-order valence-electron chi connectivity index (χ2n) is 5.60. The Morgan fingerprint density at radius 3 is 2.56 bits per heavy atom. The van der Waals surface area contributed by atoms with E-state index in [1.165, 1.54) is 45.1 Å². The number of hydrogen-bond acceptors (Lipinski definition) is 4. The van der Waals surface area contributed by atoms with Crippen molar-refractivity contribution in [3.63, 3.8) is 0 Å². The van der Waals surface area contributed by atoms with Crippen molar-refractivity contribution in [2.24, 2.45) is 0 Å². The van der Waals surface area contributed by atoms with Gasteiger partial charge in [-0.15, -0.1) is 0 Å². The van der Waals surface area contributed by atoms with Gasteiger partial charge in [-0.05, 0) is 26.2 Å². The Kier molecular flexibility index (Phi) is 3.20. The van der Waals surface area contributed by atoms with Gasteiger partial charge in [-0.1, -0.05) is 19.3 Å². The van der Waals surface area contributed by atoms with Crippen LogP contribution in [0, 0.1) is 6.92 Å². The second kappa shape index (κ2) is 4.84. The normalized spacial score (nSPS) is 25.9. The third-order valence-electron chi connectivity index (χ3n) is 4.32. The van der Waals surface area contributed by atoms with Crippen LogP contribution in [0.5, 0.6) is 0 Å². The monoisotopic (exact) mass is 246 g/mol. The van der Waals surface area contributed by atoms with Crippen molar-refractivity contribution in [2.75, 3.05) is 12.3 Å². The molecule has 0 spiro atoms. The fourth-order valence-corrected chi connectivity index (χ4v) is 3.36. The van der Waals surface area contributed by atoms with E-state index in [-0.39, 0.29) is 0 Å². The average molecular weight is 246 g/mol. The van der Waals surface area contributed by atoms with Crippen molar-refractivity contribution < 1.29 is 0 Å². The quantitative estimate of drug-likeness (QED) is 0.871. The molecule has 1 aromatic heterocycles. The van der Waals surface area contributed by atoms with E-state index in [1.54, 1.807) is 0 Å². The van der Waals surface area contributed by atoms with Gasteiger partial charge in [-0.3, -0.25) is 4.90 Å². The van der Waals surface area contributed by atoms with Crippen LogP contribution >= 0.6 is 0 Å². The fourth-order valence-electron chi connectivity index (χ4n) is 3.36. The zero-order chi connectivity index (χ0) is 12.5. The molecule has 1 aliphatic heterocycles. The Bertz CT molecular complexity index is 406. The first kappa shape index (κ1) is 11.9. The van der Waals surface area contributed by atoms with Crippen molar-refractivity contribution in [1.82, 2.24) is 14.9 Å². The molecule has 2 N–H and O–H groups in total. The summed E-state index contributed by atoms with van der Waals surface area (Å²) in [5.74, 6) is 1.40. The minimum Gasteiger partial charge on any atom is -0.384 e. The Hall–Kier alpha value is -1.16. The summed E-state index contributed by atoms with van der Waals surface area (Å²) in [4.78, 5) is 11.4. The minimum absolute atomic E-state index is 0.483. The standard InChI is InChI=1S/C14H22N4/c1-10-16-12(9-14(15)17-10)13-7-8-18(13)11-5-3-2-4-6-11/h9,11,13H,2-8H2,1H3,(H2,15,16,17)/t13-/m0/s1. The van der Waals surface area contributed by atoms with Crippen molar-refractivity contribution in [1.29, 1.82) is 0 Å². The van der Waals surface area contributed by atoms with Crippen LogP contribution in [0.25, 0.3) is 0 Å². The van der Waals surface area contributed by atoms with Gasteiger partial charge in [0.2, 0.25) is 0 Å². The summed E-state index contributed by atoms with van der Waals surface area (Å²) in [6.07, 6.45) is 8.12. The molecule has 4 nitrogen and oxygen atoms in total. The zero-order valence-corrected chi connectivity index (χ0v) is 11.1. The molecule has 0 amide bonds. The number of aromatic nitrogens is 2. The lowest BCUT2D eigenvalue weighted by atomic mass is 9.88. The fraction of sp³-hybridized carbons (Fsp3) is 0.714. The topological polar surface area (TPSA) is 55.0 Å². The van der Waals surface area contributed by atoms with Gasteiger partial charge in [-0.25, -0.2) is 9.97 Å². The highest BCUT2D eigenvalue weighted by Gasteiger charge is 2.36. The zero-order valence-electron chi connectivity index (χ0n) is 11.1. The molecule has 98 valence electrons. The average Bonchev–Trinajstić information content (AvgIpc) is 2.27. The van der Waals surface area contributed by atoms with E-state index < -0.39 is 0 Å². The van der Waals surface area contributed by atoms with E-state index in [1.807, 2.05) is 13.0 Å². The van der Waals surface area contributed by atoms with Crippen LogP contribution < -0.4 is 5.73 Å². The number of likely N-dealkylation sites (tertiary alicyclic amines) is 1. The number of anilines is 1. The van der Waals surface area contributed by atoms with Crippen molar-refractivity contribution in [3.8, 4) is 0 Å². The van der Waals surface area contributed by atoms with Crippen LogP contribution in [0.1, 0.15) is 56.1 Å². The molecule has 1 saturated carbocycles. The third-order valence-corrected chi connectivity index (χ3v) is 4.32. The predicted molar refractivity (Wildman–Crippen MR) is 72.1 cm³/mol. The smallest absolute Gasteiger partial charge is 0.127 e. The summed E-state index contributed by atoms with van der Waals surface area (Å²) in [5, 5.41) is 0. The molecule has 2 aliphatic rings. The molecule has 0 aromatic carbocycles. The maximum absolute atomic E-state index is 5.83. The molecule has 2 fully saturated rings. The van der Waals surface area contributed by atoms with Gasteiger partial charge in [0.05, 0.1) is 11.7 Å². The number of nitrogens with two attached hydrogens (primary N) is 1. The maximum Gasteiger partial charge on any atom is 0.127 e. The van der Waals surface area contributed by atoms with Crippen LogP contribution in [-0.2, 0) is 0 Å². The first-order chi connectivity index (χ1) is 8.74. The van der Waals surface area contributed by atoms with Crippen LogP contribution in [0.15, 0.2) is 6.07 Å². The number of rotatable bonds is 2. The van der Waals surface area contributed by atoms with E-state index in [0.29, 0.717) is 11.9 Å². The molecule has 0 bridgehead atoms. The molecule has 0 radical (unpaired) electrons. The van der Waals surface area contributed by atoms with Gasteiger partial charge in [0.25, 0.3) is 0 Å². The van der Waals surface area contributed by atoms with E-state index in [9.17, 15) is 0 Å². The highest BCUT2D eigenvalue weighted by Crippen LogP contribution is 2.38. The van der Waals surface area contributed by atoms with Gasteiger partial charge in [0.1, 0.15) is 11.6 Å². The second-order valence-corrected chi connectivity index (χ2v) is 5.60. The van der Waals surface area contributed by atoms with Crippen molar-refractivity contribution >= 4 is 5.82 Å². The SMILES string of the molecule is Cc1nc(N)cc([C@@H]2CCN2C2CCCCC2)n1. The lowest BCUT2D eigenvalue weighted by molar-refractivity contribution is 0.0204. The summed E-state index contributed by atoms with van der Waals surface area (Å²) in [7, 11) is 0. The van der Waals surface area contributed by atoms with Gasteiger partial charge in [0.15, 0.2) is 0 Å². The van der Waals surface area contributed by atoms with Gasteiger partial charge < -0.3 is 5.73 Å².